The summed E-state index contributed by atoms with van der Waals surface area (Å²) >= 11 is 1.49. The van der Waals surface area contributed by atoms with E-state index in [-0.39, 0.29) is 6.54 Å². The molecule has 20 heavy (non-hydrogen) atoms. The normalized spacial score (nSPS) is 11.7. The highest BCUT2D eigenvalue weighted by Crippen LogP contribution is 2.25. The average Bonchev–Trinajstić information content (AvgIpc) is 2.80. The molecule has 5 nitrogen and oxygen atoms in total. The lowest BCUT2D eigenvalue weighted by molar-refractivity contribution is 0.581. The molecule has 0 unspecified atom stereocenters. The molecular formula is C13H17N3O2S2. The number of rotatable bonds is 6. The smallest absolute Gasteiger partial charge is 0.241 e. The lowest BCUT2D eigenvalue weighted by Gasteiger charge is -2.05. The van der Waals surface area contributed by atoms with Crippen molar-refractivity contribution in [3.8, 4) is 0 Å². The molecule has 0 amide bonds. The minimum atomic E-state index is -3.48. The predicted molar refractivity (Wildman–Crippen MR) is 80.1 cm³/mol. The Hall–Kier alpha value is -1.28. The predicted octanol–water partition coefficient (Wildman–Crippen LogP) is 1.65. The summed E-state index contributed by atoms with van der Waals surface area (Å²) in [4.78, 5) is 6.13. The van der Waals surface area contributed by atoms with Gasteiger partial charge in [0.15, 0.2) is 0 Å². The molecule has 0 spiro atoms. The van der Waals surface area contributed by atoms with Crippen molar-refractivity contribution in [2.75, 3.05) is 7.05 Å². The number of thiophene rings is 1. The van der Waals surface area contributed by atoms with E-state index in [2.05, 4.69) is 15.0 Å². The molecule has 2 heterocycles. The van der Waals surface area contributed by atoms with Crippen LogP contribution in [0.15, 0.2) is 35.5 Å². The van der Waals surface area contributed by atoms with Crippen LogP contribution in [-0.2, 0) is 23.1 Å². The molecule has 0 bridgehead atoms. The third kappa shape index (κ3) is 3.63. The fraction of sp³-hybridized carbons (Fsp3) is 0.308. The van der Waals surface area contributed by atoms with Gasteiger partial charge >= 0.3 is 0 Å². The van der Waals surface area contributed by atoms with Crippen LogP contribution in [0.3, 0.4) is 0 Å². The molecule has 0 fully saturated rings. The van der Waals surface area contributed by atoms with Gasteiger partial charge < -0.3 is 5.32 Å². The van der Waals surface area contributed by atoms with Gasteiger partial charge in [-0.15, -0.1) is 11.3 Å². The Labute approximate surface area is 123 Å². The molecular weight excluding hydrogens is 294 g/mol. The van der Waals surface area contributed by atoms with Crippen LogP contribution in [0.2, 0.25) is 0 Å². The number of sulfonamides is 1. The first-order valence-corrected chi connectivity index (χ1v) is 8.45. The van der Waals surface area contributed by atoms with Crippen molar-refractivity contribution >= 4 is 21.4 Å². The van der Waals surface area contributed by atoms with E-state index in [1.165, 1.54) is 11.3 Å². The maximum Gasteiger partial charge on any atom is 0.241 e. The lowest BCUT2D eigenvalue weighted by atomic mass is 10.3. The van der Waals surface area contributed by atoms with Crippen LogP contribution in [0.5, 0.6) is 0 Å². The van der Waals surface area contributed by atoms with Gasteiger partial charge in [0.05, 0.1) is 4.90 Å². The fourth-order valence-electron chi connectivity index (χ4n) is 1.81. The summed E-state index contributed by atoms with van der Waals surface area (Å²) in [6, 6.07) is 5.34. The van der Waals surface area contributed by atoms with Crippen molar-refractivity contribution in [1.29, 1.82) is 0 Å². The van der Waals surface area contributed by atoms with E-state index in [0.717, 1.165) is 15.3 Å². The second kappa shape index (κ2) is 6.45. The molecule has 108 valence electrons. The zero-order valence-electron chi connectivity index (χ0n) is 11.4. The molecule has 2 N–H and O–H groups in total. The standard InChI is InChI=1S/C13H17N3O2S2/c1-10-13(6-12(19-10)9-14-2)20(17,18)16-8-11-4-3-5-15-7-11/h3-7,14,16H,8-9H2,1-2H3. The molecule has 0 aliphatic carbocycles. The molecule has 0 aliphatic heterocycles. The first kappa shape index (κ1) is 15.1. The van der Waals surface area contributed by atoms with E-state index in [0.29, 0.717) is 11.4 Å². The quantitative estimate of drug-likeness (QED) is 0.851. The van der Waals surface area contributed by atoms with Gasteiger partial charge in [0.1, 0.15) is 0 Å². The van der Waals surface area contributed by atoms with Gasteiger partial charge in [-0.2, -0.15) is 0 Å². The summed E-state index contributed by atoms with van der Waals surface area (Å²) in [6.45, 7) is 2.74. The molecule has 0 saturated heterocycles. The summed E-state index contributed by atoms with van der Waals surface area (Å²) in [5.41, 5.74) is 0.833. The van der Waals surface area contributed by atoms with Crippen LogP contribution in [0, 0.1) is 6.92 Å². The van der Waals surface area contributed by atoms with E-state index >= 15 is 0 Å². The monoisotopic (exact) mass is 311 g/mol. The summed E-state index contributed by atoms with van der Waals surface area (Å²) in [6.07, 6.45) is 3.31. The number of nitrogens with one attached hydrogen (secondary N) is 2. The van der Waals surface area contributed by atoms with Gasteiger partial charge in [-0.25, -0.2) is 13.1 Å². The molecule has 0 saturated carbocycles. The number of hydrogen-bond donors (Lipinski definition) is 2. The Morgan fingerprint density at radius 3 is 2.80 bits per heavy atom. The molecule has 0 aromatic carbocycles. The van der Waals surface area contributed by atoms with Gasteiger partial charge in [0.2, 0.25) is 10.0 Å². The highest BCUT2D eigenvalue weighted by Gasteiger charge is 2.19. The number of pyridine rings is 1. The molecule has 0 radical (unpaired) electrons. The number of hydrogen-bond acceptors (Lipinski definition) is 5. The molecule has 2 aromatic heterocycles. The Bertz CT molecular complexity index is 666. The first-order valence-electron chi connectivity index (χ1n) is 6.15. The number of aromatic nitrogens is 1. The fourth-order valence-corrected chi connectivity index (χ4v) is 4.47. The van der Waals surface area contributed by atoms with Gasteiger partial charge in [-0.3, -0.25) is 4.98 Å². The van der Waals surface area contributed by atoms with Crippen molar-refractivity contribution in [2.24, 2.45) is 0 Å². The van der Waals surface area contributed by atoms with Crippen LogP contribution >= 0.6 is 11.3 Å². The summed E-state index contributed by atoms with van der Waals surface area (Å²) in [5, 5.41) is 3.02. The third-order valence-corrected chi connectivity index (χ3v) is 5.46. The third-order valence-electron chi connectivity index (χ3n) is 2.75. The molecule has 0 aliphatic rings. The van der Waals surface area contributed by atoms with Crippen LogP contribution in [0.1, 0.15) is 15.3 Å². The largest absolute Gasteiger partial charge is 0.315 e. The van der Waals surface area contributed by atoms with Gasteiger partial charge in [0.25, 0.3) is 0 Å². The SMILES string of the molecule is CNCc1cc(S(=O)(=O)NCc2cccnc2)c(C)s1. The highest BCUT2D eigenvalue weighted by atomic mass is 32.2. The van der Waals surface area contributed by atoms with Crippen molar-refractivity contribution in [2.45, 2.75) is 24.9 Å². The highest BCUT2D eigenvalue weighted by molar-refractivity contribution is 7.89. The molecule has 2 aromatic rings. The Balaban J connectivity index is 2.14. The average molecular weight is 311 g/mol. The van der Waals surface area contributed by atoms with E-state index in [9.17, 15) is 8.42 Å². The summed E-state index contributed by atoms with van der Waals surface area (Å²) < 4.78 is 27.2. The van der Waals surface area contributed by atoms with Crippen LogP contribution < -0.4 is 10.0 Å². The maximum atomic E-state index is 12.3. The van der Waals surface area contributed by atoms with Crippen LogP contribution in [0.4, 0.5) is 0 Å². The Kier molecular flexibility index (Phi) is 4.87. The molecule has 0 atom stereocenters. The maximum absolute atomic E-state index is 12.3. The first-order chi connectivity index (χ1) is 9.53. The van der Waals surface area contributed by atoms with E-state index < -0.39 is 10.0 Å². The zero-order valence-corrected chi connectivity index (χ0v) is 13.0. The number of aryl methyl sites for hydroxylation is 1. The zero-order chi connectivity index (χ0) is 14.6. The Morgan fingerprint density at radius 2 is 2.15 bits per heavy atom. The van der Waals surface area contributed by atoms with Crippen molar-refractivity contribution < 1.29 is 8.42 Å². The van der Waals surface area contributed by atoms with E-state index in [1.54, 1.807) is 24.5 Å². The molecule has 2 rings (SSSR count). The van der Waals surface area contributed by atoms with Gasteiger partial charge in [-0.05, 0) is 31.7 Å². The topological polar surface area (TPSA) is 71.1 Å². The minimum Gasteiger partial charge on any atom is -0.315 e. The van der Waals surface area contributed by atoms with E-state index in [4.69, 9.17) is 0 Å². The van der Waals surface area contributed by atoms with Crippen molar-refractivity contribution in [1.82, 2.24) is 15.0 Å². The van der Waals surface area contributed by atoms with Gasteiger partial charge in [-0.1, -0.05) is 6.07 Å². The van der Waals surface area contributed by atoms with Crippen LogP contribution in [0.25, 0.3) is 0 Å². The Morgan fingerprint density at radius 1 is 1.35 bits per heavy atom. The van der Waals surface area contributed by atoms with Crippen molar-refractivity contribution in [3.63, 3.8) is 0 Å². The minimum absolute atomic E-state index is 0.243. The summed E-state index contributed by atoms with van der Waals surface area (Å²) in [5.74, 6) is 0. The second-order valence-corrected chi connectivity index (χ2v) is 7.43. The number of nitrogens with zero attached hydrogens (tertiary/aromatic N) is 1. The summed E-state index contributed by atoms with van der Waals surface area (Å²) in [7, 11) is -1.64. The van der Waals surface area contributed by atoms with Gasteiger partial charge in [0, 0.05) is 35.2 Å². The van der Waals surface area contributed by atoms with Crippen molar-refractivity contribution in [3.05, 3.63) is 45.9 Å². The van der Waals surface area contributed by atoms with E-state index in [1.807, 2.05) is 20.0 Å². The lowest BCUT2D eigenvalue weighted by Crippen LogP contribution is -2.23. The second-order valence-electron chi connectivity index (χ2n) is 4.35. The molecule has 7 heteroatoms. The van der Waals surface area contributed by atoms with Crippen LogP contribution in [-0.4, -0.2) is 20.4 Å².